The molecule has 3 aliphatic rings. The number of alkyl halides is 1. The first kappa shape index (κ1) is 23.4. The van der Waals surface area contributed by atoms with Crippen LogP contribution in [0.2, 0.25) is 0 Å². The smallest absolute Gasteiger partial charge is 0.290 e. The van der Waals surface area contributed by atoms with Gasteiger partial charge in [0.1, 0.15) is 6.17 Å². The summed E-state index contributed by atoms with van der Waals surface area (Å²) in [5, 5.41) is 6.89. The number of fused-ring (bicyclic) bond motifs is 4. The molecule has 1 aromatic heterocycles. The Morgan fingerprint density at radius 3 is 2.55 bits per heavy atom. The number of hydrogen-bond donors (Lipinski definition) is 1. The van der Waals surface area contributed by atoms with Gasteiger partial charge in [0.05, 0.1) is 0 Å². The molecule has 1 N–H and O–H groups in total. The van der Waals surface area contributed by atoms with Gasteiger partial charge in [-0.2, -0.15) is 0 Å². The Hall–Kier alpha value is -2.77. The van der Waals surface area contributed by atoms with Gasteiger partial charge in [-0.25, -0.2) is 4.39 Å². The highest BCUT2D eigenvalue weighted by atomic mass is 19.1. The Morgan fingerprint density at radius 1 is 1.03 bits per heavy atom. The van der Waals surface area contributed by atoms with Crippen molar-refractivity contribution in [2.45, 2.75) is 38.0 Å². The predicted molar refractivity (Wildman–Crippen MR) is 127 cm³/mol. The van der Waals surface area contributed by atoms with Crippen LogP contribution in [-0.2, 0) is 17.9 Å². The molecule has 3 aliphatic heterocycles. The van der Waals surface area contributed by atoms with Crippen molar-refractivity contribution in [2.24, 2.45) is 5.92 Å². The molecular weight excluding hydrogens is 421 g/mol. The highest BCUT2D eigenvalue weighted by molar-refractivity contribution is 5.48. The van der Waals surface area contributed by atoms with E-state index in [1.165, 1.54) is 17.7 Å². The number of likely N-dealkylation sites (tertiary alicyclic amines) is 2. The molecule has 1 aromatic carbocycles. The van der Waals surface area contributed by atoms with Crippen LogP contribution in [-0.4, -0.2) is 64.8 Å². The maximum absolute atomic E-state index is 13.5. The van der Waals surface area contributed by atoms with Gasteiger partial charge in [-0.3, -0.25) is 19.4 Å². The number of carbonyl (C=O) groups is 1. The second kappa shape index (κ2) is 10.9. The summed E-state index contributed by atoms with van der Waals surface area (Å²) < 4.78 is 15.5. The lowest BCUT2D eigenvalue weighted by atomic mass is 9.83. The maximum Gasteiger partial charge on any atom is 0.290 e. The van der Waals surface area contributed by atoms with Gasteiger partial charge >= 0.3 is 0 Å². The summed E-state index contributed by atoms with van der Waals surface area (Å²) >= 11 is 0. The summed E-state index contributed by atoms with van der Waals surface area (Å²) in [4.78, 5) is 26.1. The summed E-state index contributed by atoms with van der Waals surface area (Å²) in [6.07, 6.45) is 5.46. The van der Waals surface area contributed by atoms with Crippen LogP contribution < -0.4 is 5.56 Å². The highest BCUT2D eigenvalue weighted by Gasteiger charge is 2.34. The quantitative estimate of drug-likeness (QED) is 0.705. The Bertz CT molecular complexity index is 1020. The number of nitrogens with zero attached hydrogens (tertiary/aromatic N) is 3. The standard InChI is InChI=1S/C25H30FN3O.CH2O2/c26-23-10-12-28(18-23)16-21-8-9-24-22-13-20(15-29(24)25(21)30)14-27(17-22)11-4-7-19-5-2-1-3-6-19;2-1-3/h1-9,20,22-23H,10-18H2;1H,(H,2,3)/b7-4+;/t20-,22+,23+;/m0./s1. The summed E-state index contributed by atoms with van der Waals surface area (Å²) in [7, 11) is 0. The molecule has 2 aromatic rings. The number of piperidine rings is 1. The van der Waals surface area contributed by atoms with Crippen molar-refractivity contribution in [1.82, 2.24) is 14.4 Å². The van der Waals surface area contributed by atoms with Crippen molar-refractivity contribution in [3.05, 3.63) is 75.7 Å². The third-order valence-electron chi connectivity index (χ3n) is 6.84. The minimum Gasteiger partial charge on any atom is -0.483 e. The molecule has 0 spiro atoms. The zero-order valence-electron chi connectivity index (χ0n) is 18.9. The van der Waals surface area contributed by atoms with Gasteiger partial charge in [0.15, 0.2) is 0 Å². The molecule has 2 saturated heterocycles. The fourth-order valence-electron chi connectivity index (χ4n) is 5.43. The fraction of sp³-hybridized carbons (Fsp3) is 0.462. The van der Waals surface area contributed by atoms with E-state index in [1.54, 1.807) is 0 Å². The molecule has 0 aliphatic carbocycles. The highest BCUT2D eigenvalue weighted by Crippen LogP contribution is 2.35. The molecule has 4 heterocycles. The van der Waals surface area contributed by atoms with E-state index in [-0.39, 0.29) is 12.0 Å². The SMILES string of the molecule is O=CO.O=c1c(CN2CC[C@@H](F)C2)ccc2n1C[C@H]1C[C@@H]2CN(C/C=C/c2ccccc2)C1. The molecule has 7 heteroatoms. The maximum atomic E-state index is 13.5. The van der Waals surface area contributed by atoms with Gasteiger partial charge in [0, 0.05) is 63.0 Å². The van der Waals surface area contributed by atoms with E-state index in [2.05, 4.69) is 52.3 Å². The molecule has 5 rings (SSSR count). The van der Waals surface area contributed by atoms with Crippen LogP contribution in [0.15, 0.2) is 53.3 Å². The molecular formula is C26H32FN3O3. The van der Waals surface area contributed by atoms with Crippen LogP contribution in [0.4, 0.5) is 4.39 Å². The van der Waals surface area contributed by atoms with Crippen molar-refractivity contribution >= 4 is 12.5 Å². The van der Waals surface area contributed by atoms with E-state index in [9.17, 15) is 9.18 Å². The molecule has 6 nitrogen and oxygen atoms in total. The second-order valence-corrected chi connectivity index (χ2v) is 9.26. The Kier molecular flexibility index (Phi) is 7.73. The Morgan fingerprint density at radius 2 is 1.82 bits per heavy atom. The van der Waals surface area contributed by atoms with Crippen LogP contribution in [0.3, 0.4) is 0 Å². The summed E-state index contributed by atoms with van der Waals surface area (Å²) in [6, 6.07) is 14.6. The predicted octanol–water partition coefficient (Wildman–Crippen LogP) is 3.23. The number of hydrogen-bond acceptors (Lipinski definition) is 4. The third kappa shape index (κ3) is 5.78. The van der Waals surface area contributed by atoms with Gasteiger partial charge in [-0.1, -0.05) is 48.6 Å². The average molecular weight is 454 g/mol. The van der Waals surface area contributed by atoms with Crippen LogP contribution in [0.5, 0.6) is 0 Å². The fourth-order valence-corrected chi connectivity index (χ4v) is 5.43. The van der Waals surface area contributed by atoms with Gasteiger partial charge in [0.2, 0.25) is 0 Å². The van der Waals surface area contributed by atoms with Gasteiger partial charge in [-0.05, 0) is 30.4 Å². The van der Waals surface area contributed by atoms with Crippen LogP contribution in [0.25, 0.3) is 6.08 Å². The number of aromatic nitrogens is 1. The van der Waals surface area contributed by atoms with E-state index < -0.39 is 6.17 Å². The van der Waals surface area contributed by atoms with Crippen molar-refractivity contribution in [3.63, 3.8) is 0 Å². The normalized spacial score (nSPS) is 24.8. The monoisotopic (exact) mass is 453 g/mol. The van der Waals surface area contributed by atoms with Crippen LogP contribution >= 0.6 is 0 Å². The zero-order valence-corrected chi connectivity index (χ0v) is 18.9. The minimum absolute atomic E-state index is 0.141. The van der Waals surface area contributed by atoms with Gasteiger partial charge in [0.25, 0.3) is 12.0 Å². The van der Waals surface area contributed by atoms with E-state index >= 15 is 0 Å². The average Bonchev–Trinajstić information content (AvgIpc) is 3.22. The van der Waals surface area contributed by atoms with Crippen molar-refractivity contribution in [2.75, 3.05) is 32.7 Å². The molecule has 3 atom stereocenters. The topological polar surface area (TPSA) is 65.8 Å². The summed E-state index contributed by atoms with van der Waals surface area (Å²) in [6.45, 7) is 5.33. The first-order valence-corrected chi connectivity index (χ1v) is 11.7. The molecule has 0 amide bonds. The lowest BCUT2D eigenvalue weighted by Gasteiger charge is -2.42. The van der Waals surface area contributed by atoms with Gasteiger partial charge in [-0.15, -0.1) is 0 Å². The molecule has 0 saturated carbocycles. The summed E-state index contributed by atoms with van der Waals surface area (Å²) in [5.41, 5.74) is 3.37. The minimum atomic E-state index is -0.744. The number of halogens is 1. The van der Waals surface area contributed by atoms with Crippen LogP contribution in [0.1, 0.15) is 35.6 Å². The molecule has 2 bridgehead atoms. The second-order valence-electron chi connectivity index (χ2n) is 9.26. The molecule has 2 fully saturated rings. The summed E-state index contributed by atoms with van der Waals surface area (Å²) in [5.74, 6) is 0.947. The Labute approximate surface area is 193 Å². The van der Waals surface area contributed by atoms with Crippen molar-refractivity contribution in [3.8, 4) is 0 Å². The van der Waals surface area contributed by atoms with E-state index in [0.29, 0.717) is 31.3 Å². The molecule has 0 radical (unpaired) electrons. The first-order chi connectivity index (χ1) is 16.1. The molecule has 0 unspecified atom stereocenters. The first-order valence-electron chi connectivity index (χ1n) is 11.7. The largest absolute Gasteiger partial charge is 0.483 e. The number of rotatable bonds is 5. The number of pyridine rings is 1. The third-order valence-corrected chi connectivity index (χ3v) is 6.84. The Balaban J connectivity index is 0.000000821. The molecule has 176 valence electrons. The van der Waals surface area contributed by atoms with E-state index in [4.69, 9.17) is 9.90 Å². The lowest BCUT2D eigenvalue weighted by molar-refractivity contribution is -0.122. The van der Waals surface area contributed by atoms with E-state index in [0.717, 1.165) is 38.3 Å². The number of carboxylic acid groups (broad SMARTS) is 1. The van der Waals surface area contributed by atoms with E-state index in [1.807, 2.05) is 16.7 Å². The zero-order chi connectivity index (χ0) is 23.2. The molecule has 33 heavy (non-hydrogen) atoms. The lowest BCUT2D eigenvalue weighted by Crippen LogP contribution is -2.47. The van der Waals surface area contributed by atoms with Crippen molar-refractivity contribution in [1.29, 1.82) is 0 Å². The van der Waals surface area contributed by atoms with Crippen LogP contribution in [0, 0.1) is 5.92 Å². The number of benzene rings is 1. The van der Waals surface area contributed by atoms with Crippen molar-refractivity contribution < 1.29 is 14.3 Å². The van der Waals surface area contributed by atoms with Gasteiger partial charge < -0.3 is 9.67 Å².